The summed E-state index contributed by atoms with van der Waals surface area (Å²) in [5.74, 6) is 0. The van der Waals surface area contributed by atoms with Gasteiger partial charge in [-0.05, 0) is 18.2 Å². The Hall–Kier alpha value is -1.52. The van der Waals surface area contributed by atoms with Gasteiger partial charge in [-0.1, -0.05) is 23.2 Å². The van der Waals surface area contributed by atoms with E-state index in [4.69, 9.17) is 28.9 Å². The Kier molecular flexibility index (Phi) is 2.85. The molecule has 0 spiro atoms. The molecule has 0 saturated heterocycles. The van der Waals surface area contributed by atoms with Crippen molar-refractivity contribution in [3.05, 3.63) is 50.9 Å². The molecule has 0 saturated carbocycles. The number of nitrogens with zero attached hydrogens (tertiary/aromatic N) is 2. The van der Waals surface area contributed by atoms with Crippen LogP contribution in [-0.4, -0.2) is 9.78 Å². The summed E-state index contributed by atoms with van der Waals surface area (Å²) >= 11 is 11.8. The van der Waals surface area contributed by atoms with E-state index in [1.54, 1.807) is 18.2 Å². The van der Waals surface area contributed by atoms with Gasteiger partial charge in [-0.2, -0.15) is 9.78 Å². The fourth-order valence-corrected chi connectivity index (χ4v) is 1.62. The number of hydrogen-bond acceptors (Lipinski definition) is 3. The molecule has 16 heavy (non-hydrogen) atoms. The maximum atomic E-state index is 11.6. The quantitative estimate of drug-likeness (QED) is 0.850. The summed E-state index contributed by atoms with van der Waals surface area (Å²) in [4.78, 5) is 11.6. The summed E-state index contributed by atoms with van der Waals surface area (Å²) in [6.45, 7) is 0. The van der Waals surface area contributed by atoms with Crippen LogP contribution >= 0.6 is 23.2 Å². The van der Waals surface area contributed by atoms with Gasteiger partial charge in [0.05, 0.1) is 22.6 Å². The highest BCUT2D eigenvalue weighted by Crippen LogP contribution is 2.22. The standard InChI is InChI=1S/C10H7Cl2N3O/c11-6-1-2-8(12)9(3-6)15-10(16)4-7(13)5-14-15/h1-5H,13H2. The molecule has 1 aromatic carbocycles. The number of benzene rings is 1. The van der Waals surface area contributed by atoms with Crippen molar-refractivity contribution in [3.8, 4) is 5.69 Å². The van der Waals surface area contributed by atoms with Gasteiger partial charge in [0.15, 0.2) is 0 Å². The fourth-order valence-electron chi connectivity index (χ4n) is 1.25. The van der Waals surface area contributed by atoms with Crippen LogP contribution in [0.4, 0.5) is 5.69 Å². The first-order valence-corrected chi connectivity index (χ1v) is 5.14. The van der Waals surface area contributed by atoms with Crippen molar-refractivity contribution < 1.29 is 0 Å². The van der Waals surface area contributed by atoms with Gasteiger partial charge in [0.1, 0.15) is 0 Å². The molecule has 0 atom stereocenters. The summed E-state index contributed by atoms with van der Waals surface area (Å²) in [6, 6.07) is 6.07. The van der Waals surface area contributed by atoms with E-state index in [-0.39, 0.29) is 5.56 Å². The number of rotatable bonds is 1. The molecule has 2 N–H and O–H groups in total. The summed E-state index contributed by atoms with van der Waals surface area (Å²) in [6.07, 6.45) is 1.37. The maximum Gasteiger partial charge on any atom is 0.273 e. The number of hydrogen-bond donors (Lipinski definition) is 1. The smallest absolute Gasteiger partial charge is 0.273 e. The predicted molar refractivity (Wildman–Crippen MR) is 64.3 cm³/mol. The predicted octanol–water partition coefficient (Wildman–Crippen LogP) is 2.12. The number of aromatic nitrogens is 2. The van der Waals surface area contributed by atoms with Gasteiger partial charge in [0, 0.05) is 11.1 Å². The van der Waals surface area contributed by atoms with Gasteiger partial charge in [-0.15, -0.1) is 0 Å². The van der Waals surface area contributed by atoms with E-state index < -0.39 is 0 Å². The SMILES string of the molecule is Nc1cnn(-c2cc(Cl)ccc2Cl)c(=O)c1. The van der Waals surface area contributed by atoms with Crippen molar-refractivity contribution in [2.45, 2.75) is 0 Å². The van der Waals surface area contributed by atoms with Gasteiger partial charge in [-0.3, -0.25) is 4.79 Å². The van der Waals surface area contributed by atoms with Crippen molar-refractivity contribution in [1.29, 1.82) is 0 Å². The van der Waals surface area contributed by atoms with Crippen molar-refractivity contribution in [1.82, 2.24) is 9.78 Å². The molecular weight excluding hydrogens is 249 g/mol. The van der Waals surface area contributed by atoms with E-state index in [0.29, 0.717) is 21.4 Å². The molecule has 0 fully saturated rings. The average molecular weight is 256 g/mol. The van der Waals surface area contributed by atoms with E-state index in [9.17, 15) is 4.79 Å². The van der Waals surface area contributed by atoms with Crippen molar-refractivity contribution in [2.24, 2.45) is 0 Å². The molecule has 0 aliphatic carbocycles. The van der Waals surface area contributed by atoms with Crippen LogP contribution in [0.3, 0.4) is 0 Å². The van der Waals surface area contributed by atoms with Crippen molar-refractivity contribution in [3.63, 3.8) is 0 Å². The van der Waals surface area contributed by atoms with Crippen LogP contribution in [0.2, 0.25) is 10.0 Å². The Labute approximate surface area is 101 Å². The second-order valence-corrected chi connectivity index (χ2v) is 3.98. The lowest BCUT2D eigenvalue weighted by molar-refractivity contribution is 0.809. The van der Waals surface area contributed by atoms with Crippen molar-refractivity contribution >= 4 is 28.9 Å². The molecule has 1 heterocycles. The van der Waals surface area contributed by atoms with E-state index in [2.05, 4.69) is 5.10 Å². The summed E-state index contributed by atoms with van der Waals surface area (Å²) in [5, 5.41) is 4.76. The molecule has 0 amide bonds. The van der Waals surface area contributed by atoms with E-state index in [1.807, 2.05) is 0 Å². The third-order valence-electron chi connectivity index (χ3n) is 1.96. The summed E-state index contributed by atoms with van der Waals surface area (Å²) < 4.78 is 1.14. The lowest BCUT2D eigenvalue weighted by Crippen LogP contribution is -2.20. The highest BCUT2D eigenvalue weighted by molar-refractivity contribution is 6.34. The third kappa shape index (κ3) is 2.03. The van der Waals surface area contributed by atoms with Crippen LogP contribution in [0.5, 0.6) is 0 Å². The van der Waals surface area contributed by atoms with E-state index >= 15 is 0 Å². The molecule has 2 aromatic rings. The topological polar surface area (TPSA) is 60.9 Å². The first-order valence-electron chi connectivity index (χ1n) is 4.38. The minimum atomic E-state index is -0.357. The first kappa shape index (κ1) is 11.0. The molecule has 0 aliphatic rings. The number of halogens is 2. The lowest BCUT2D eigenvalue weighted by atomic mass is 10.3. The molecule has 1 aromatic heterocycles. The Morgan fingerprint density at radius 2 is 2.00 bits per heavy atom. The molecule has 0 aliphatic heterocycles. The Morgan fingerprint density at radius 1 is 1.25 bits per heavy atom. The van der Waals surface area contributed by atoms with Crippen molar-refractivity contribution in [2.75, 3.05) is 5.73 Å². The van der Waals surface area contributed by atoms with Crippen LogP contribution in [0.15, 0.2) is 35.3 Å². The van der Waals surface area contributed by atoms with Crippen LogP contribution < -0.4 is 11.3 Å². The second-order valence-electron chi connectivity index (χ2n) is 3.13. The van der Waals surface area contributed by atoms with E-state index in [1.165, 1.54) is 12.3 Å². The Bertz CT molecular complexity index is 595. The van der Waals surface area contributed by atoms with Crippen LogP contribution in [-0.2, 0) is 0 Å². The minimum absolute atomic E-state index is 0.305. The zero-order valence-corrected chi connectivity index (χ0v) is 9.53. The molecule has 4 nitrogen and oxygen atoms in total. The highest BCUT2D eigenvalue weighted by Gasteiger charge is 2.06. The van der Waals surface area contributed by atoms with Gasteiger partial charge in [0.25, 0.3) is 5.56 Å². The largest absolute Gasteiger partial charge is 0.397 e. The number of nitrogen functional groups attached to an aromatic ring is 1. The van der Waals surface area contributed by atoms with Crippen LogP contribution in [0.25, 0.3) is 5.69 Å². The zero-order valence-electron chi connectivity index (χ0n) is 8.02. The van der Waals surface area contributed by atoms with Gasteiger partial charge in [-0.25, -0.2) is 0 Å². The summed E-state index contributed by atoms with van der Waals surface area (Å²) in [7, 11) is 0. The molecule has 0 bridgehead atoms. The lowest BCUT2D eigenvalue weighted by Gasteiger charge is -2.06. The van der Waals surface area contributed by atoms with E-state index in [0.717, 1.165) is 4.68 Å². The molecule has 0 unspecified atom stereocenters. The van der Waals surface area contributed by atoms with Crippen LogP contribution in [0, 0.1) is 0 Å². The Morgan fingerprint density at radius 3 is 2.69 bits per heavy atom. The minimum Gasteiger partial charge on any atom is -0.397 e. The Balaban J connectivity index is 2.67. The second kappa shape index (κ2) is 4.15. The van der Waals surface area contributed by atoms with Gasteiger partial charge >= 0.3 is 0 Å². The number of nitrogens with two attached hydrogens (primary N) is 1. The molecular formula is C10H7Cl2N3O. The zero-order chi connectivity index (χ0) is 11.7. The molecule has 6 heteroatoms. The third-order valence-corrected chi connectivity index (χ3v) is 2.51. The fraction of sp³-hybridized carbons (Fsp3) is 0. The van der Waals surface area contributed by atoms with Crippen LogP contribution in [0.1, 0.15) is 0 Å². The molecule has 0 radical (unpaired) electrons. The molecule has 2 rings (SSSR count). The van der Waals surface area contributed by atoms with Gasteiger partial charge < -0.3 is 5.73 Å². The first-order chi connectivity index (χ1) is 7.58. The molecule has 82 valence electrons. The normalized spacial score (nSPS) is 10.4. The van der Waals surface area contributed by atoms with Gasteiger partial charge in [0.2, 0.25) is 0 Å². The monoisotopic (exact) mass is 255 g/mol. The number of anilines is 1. The highest BCUT2D eigenvalue weighted by atomic mass is 35.5. The average Bonchev–Trinajstić information content (AvgIpc) is 2.22. The maximum absolute atomic E-state index is 11.6. The summed E-state index contributed by atoms with van der Waals surface area (Å²) in [5.41, 5.74) is 5.82.